The van der Waals surface area contributed by atoms with Gasteiger partial charge in [0.1, 0.15) is 16.3 Å². The number of hydrogen-bond donors (Lipinski definition) is 1. The van der Waals surface area contributed by atoms with Gasteiger partial charge in [-0.15, -0.1) is 0 Å². The fourth-order valence-electron chi connectivity index (χ4n) is 4.21. The Morgan fingerprint density at radius 3 is 2.52 bits per heavy atom. The monoisotopic (exact) mass is 471 g/mol. The Hall–Kier alpha value is -2.93. The zero-order chi connectivity index (χ0) is 21.9. The van der Waals surface area contributed by atoms with Crippen molar-refractivity contribution < 1.29 is 14.3 Å². The van der Waals surface area contributed by atoms with E-state index in [1.54, 1.807) is 42.5 Å². The molecule has 3 heterocycles. The number of fused-ring (bicyclic) bond motifs is 4. The standard InChI is InChI=1S/C22H12Cl3N3O3/c1-10(29)15-17(11-5-3-2-4-6-11)31-19-16(18(24)27-21(25)28-19)22(15)13-9-12(23)7-8-14(13)26-20(22)30/h2-9H,1H3,(H,26,30). The van der Waals surface area contributed by atoms with Crippen molar-refractivity contribution in [3.05, 3.63) is 86.3 Å². The number of Topliss-reactive ketones (excluding diaryl/α,β-unsaturated/α-hetero) is 1. The van der Waals surface area contributed by atoms with Crippen molar-refractivity contribution >= 4 is 57.9 Å². The van der Waals surface area contributed by atoms with E-state index in [1.165, 1.54) is 6.92 Å². The van der Waals surface area contributed by atoms with Gasteiger partial charge >= 0.3 is 0 Å². The molecule has 154 valence electrons. The number of anilines is 1. The molecule has 31 heavy (non-hydrogen) atoms. The molecular weight excluding hydrogens is 461 g/mol. The van der Waals surface area contributed by atoms with Crippen LogP contribution in [0.5, 0.6) is 5.88 Å². The van der Waals surface area contributed by atoms with Crippen LogP contribution >= 0.6 is 34.8 Å². The first-order valence-electron chi connectivity index (χ1n) is 9.18. The molecular formula is C22H12Cl3N3O3. The molecule has 5 rings (SSSR count). The number of ether oxygens (including phenoxy) is 1. The van der Waals surface area contributed by atoms with Crippen LogP contribution in [-0.2, 0) is 15.0 Å². The quantitative estimate of drug-likeness (QED) is 0.416. The molecule has 6 nitrogen and oxygen atoms in total. The molecule has 0 saturated heterocycles. The van der Waals surface area contributed by atoms with E-state index in [1.807, 2.05) is 6.07 Å². The minimum atomic E-state index is -1.66. The molecule has 0 saturated carbocycles. The molecule has 1 amide bonds. The number of halogens is 3. The summed E-state index contributed by atoms with van der Waals surface area (Å²) in [6.45, 7) is 1.37. The van der Waals surface area contributed by atoms with Crippen LogP contribution in [0.2, 0.25) is 15.5 Å². The van der Waals surface area contributed by atoms with Crippen molar-refractivity contribution in [1.29, 1.82) is 0 Å². The molecule has 0 fully saturated rings. The highest BCUT2D eigenvalue weighted by Crippen LogP contribution is 2.57. The fourth-order valence-corrected chi connectivity index (χ4v) is 4.89. The van der Waals surface area contributed by atoms with Crippen LogP contribution in [0, 0.1) is 0 Å². The van der Waals surface area contributed by atoms with Crippen LogP contribution < -0.4 is 10.1 Å². The van der Waals surface area contributed by atoms with Crippen LogP contribution in [0.4, 0.5) is 5.69 Å². The predicted molar refractivity (Wildman–Crippen MR) is 118 cm³/mol. The SMILES string of the molecule is CC(=O)C1=C(c2ccccc2)Oc2nc(Cl)nc(Cl)c2C12C(=O)Nc1ccc(Cl)cc12. The zero-order valence-electron chi connectivity index (χ0n) is 15.9. The van der Waals surface area contributed by atoms with Crippen molar-refractivity contribution in [2.24, 2.45) is 0 Å². The number of benzene rings is 2. The molecule has 0 radical (unpaired) electrons. The van der Waals surface area contributed by atoms with E-state index in [2.05, 4.69) is 15.3 Å². The van der Waals surface area contributed by atoms with Gasteiger partial charge in [0.25, 0.3) is 0 Å². The summed E-state index contributed by atoms with van der Waals surface area (Å²) in [7, 11) is 0. The first-order chi connectivity index (χ1) is 14.8. The van der Waals surface area contributed by atoms with Crippen LogP contribution in [0.1, 0.15) is 23.6 Å². The summed E-state index contributed by atoms with van der Waals surface area (Å²) < 4.78 is 6.06. The highest BCUT2D eigenvalue weighted by Gasteiger charge is 2.59. The van der Waals surface area contributed by atoms with E-state index in [4.69, 9.17) is 39.5 Å². The molecule has 9 heteroatoms. The van der Waals surface area contributed by atoms with Gasteiger partial charge in [-0.25, -0.2) is 4.98 Å². The topological polar surface area (TPSA) is 81.2 Å². The Morgan fingerprint density at radius 2 is 1.81 bits per heavy atom. The van der Waals surface area contributed by atoms with E-state index in [9.17, 15) is 9.59 Å². The Bertz CT molecular complexity index is 1320. The Morgan fingerprint density at radius 1 is 1.06 bits per heavy atom. The molecule has 0 bridgehead atoms. The van der Waals surface area contributed by atoms with E-state index in [-0.39, 0.29) is 39.0 Å². The second-order valence-electron chi connectivity index (χ2n) is 7.09. The molecule has 2 aliphatic heterocycles. The van der Waals surface area contributed by atoms with Gasteiger partial charge in [0.15, 0.2) is 5.78 Å². The molecule has 1 N–H and O–H groups in total. The third kappa shape index (κ3) is 2.79. The number of hydrogen-bond acceptors (Lipinski definition) is 5. The second kappa shape index (κ2) is 7.05. The minimum absolute atomic E-state index is 0.00294. The van der Waals surface area contributed by atoms with Gasteiger partial charge in [0.2, 0.25) is 17.1 Å². The van der Waals surface area contributed by atoms with Crippen LogP contribution in [0.25, 0.3) is 5.76 Å². The number of carbonyl (C=O) groups is 2. The molecule has 0 aliphatic carbocycles. The first kappa shape index (κ1) is 20.0. The van der Waals surface area contributed by atoms with Crippen molar-refractivity contribution in [2.45, 2.75) is 12.3 Å². The number of aromatic nitrogens is 2. The molecule has 1 spiro atoms. The predicted octanol–water partition coefficient (Wildman–Crippen LogP) is 5.07. The van der Waals surface area contributed by atoms with Gasteiger partial charge in [-0.05, 0) is 36.7 Å². The lowest BCUT2D eigenvalue weighted by Gasteiger charge is -2.36. The zero-order valence-corrected chi connectivity index (χ0v) is 18.1. The smallest absolute Gasteiger partial charge is 0.244 e. The lowest BCUT2D eigenvalue weighted by atomic mass is 9.67. The van der Waals surface area contributed by atoms with Crippen molar-refractivity contribution in [3.63, 3.8) is 0 Å². The van der Waals surface area contributed by atoms with Gasteiger partial charge in [-0.3, -0.25) is 9.59 Å². The molecule has 1 atom stereocenters. The maximum atomic E-state index is 13.7. The number of rotatable bonds is 2. The van der Waals surface area contributed by atoms with Gasteiger partial charge in [0.05, 0.1) is 11.1 Å². The average molecular weight is 473 g/mol. The minimum Gasteiger partial charge on any atom is -0.437 e. The lowest BCUT2D eigenvalue weighted by molar-refractivity contribution is -0.121. The van der Waals surface area contributed by atoms with Crippen molar-refractivity contribution in [2.75, 3.05) is 5.32 Å². The highest BCUT2D eigenvalue weighted by atomic mass is 35.5. The number of amides is 1. The summed E-state index contributed by atoms with van der Waals surface area (Å²) in [5, 5.41) is 2.98. The first-order valence-corrected chi connectivity index (χ1v) is 10.3. The maximum Gasteiger partial charge on any atom is 0.244 e. The summed E-state index contributed by atoms with van der Waals surface area (Å²) in [5.74, 6) is -0.675. The average Bonchev–Trinajstić information content (AvgIpc) is 2.99. The van der Waals surface area contributed by atoms with Crippen molar-refractivity contribution in [3.8, 4) is 5.88 Å². The van der Waals surface area contributed by atoms with Gasteiger partial charge in [-0.2, -0.15) is 4.98 Å². The van der Waals surface area contributed by atoms with Gasteiger partial charge in [-0.1, -0.05) is 53.5 Å². The van der Waals surface area contributed by atoms with Crippen molar-refractivity contribution in [1.82, 2.24) is 9.97 Å². The summed E-state index contributed by atoms with van der Waals surface area (Å²) >= 11 is 18.8. The largest absolute Gasteiger partial charge is 0.437 e. The normalized spacial score (nSPS) is 19.0. The summed E-state index contributed by atoms with van der Waals surface area (Å²) in [4.78, 5) is 35.0. The van der Waals surface area contributed by atoms with Crippen LogP contribution in [-0.4, -0.2) is 21.7 Å². The van der Waals surface area contributed by atoms with E-state index in [0.29, 0.717) is 21.8 Å². The third-order valence-corrected chi connectivity index (χ3v) is 6.02. The number of ketones is 1. The third-order valence-electron chi connectivity index (χ3n) is 5.34. The number of nitrogens with one attached hydrogen (secondary N) is 1. The van der Waals surface area contributed by atoms with Gasteiger partial charge < -0.3 is 10.1 Å². The molecule has 2 aliphatic rings. The molecule has 1 unspecified atom stereocenters. The maximum absolute atomic E-state index is 13.7. The molecule has 1 aromatic heterocycles. The summed E-state index contributed by atoms with van der Waals surface area (Å²) in [6.07, 6.45) is 0. The van der Waals surface area contributed by atoms with E-state index >= 15 is 0 Å². The molecule has 3 aromatic rings. The van der Waals surface area contributed by atoms with Crippen LogP contribution in [0.15, 0.2) is 54.1 Å². The van der Waals surface area contributed by atoms with Crippen LogP contribution in [0.3, 0.4) is 0 Å². The highest BCUT2D eigenvalue weighted by molar-refractivity contribution is 6.34. The summed E-state index contributed by atoms with van der Waals surface area (Å²) in [6, 6.07) is 13.9. The Kier molecular flexibility index (Phi) is 4.55. The summed E-state index contributed by atoms with van der Waals surface area (Å²) in [5.41, 5.74) is 0.138. The Labute approximate surface area is 191 Å². The van der Waals surface area contributed by atoms with Gasteiger partial charge in [0, 0.05) is 21.8 Å². The molecule has 2 aromatic carbocycles. The number of nitrogens with zero attached hydrogens (tertiary/aromatic N) is 2. The lowest BCUT2D eigenvalue weighted by Crippen LogP contribution is -2.44. The van der Waals surface area contributed by atoms with E-state index < -0.39 is 11.3 Å². The number of carbonyl (C=O) groups excluding carboxylic acids is 2. The second-order valence-corrected chi connectivity index (χ2v) is 8.22. The van der Waals surface area contributed by atoms with E-state index in [0.717, 1.165) is 0 Å². The Balaban J connectivity index is 1.99. The fraction of sp³-hybridized carbons (Fsp3) is 0.0909.